The van der Waals surface area contributed by atoms with Gasteiger partial charge >= 0.3 is 0 Å². The predicted molar refractivity (Wildman–Crippen MR) is 68.9 cm³/mol. The Hall–Kier alpha value is -1.07. The summed E-state index contributed by atoms with van der Waals surface area (Å²) < 4.78 is 0. The molecule has 2 unspecified atom stereocenters. The van der Waals surface area contributed by atoms with Crippen molar-refractivity contribution in [3.05, 3.63) is 24.4 Å². The number of aliphatic hydroxyl groups excluding tert-OH is 1. The van der Waals surface area contributed by atoms with Gasteiger partial charge in [0.2, 0.25) is 5.91 Å². The molecule has 0 saturated carbocycles. The van der Waals surface area contributed by atoms with Gasteiger partial charge in [-0.2, -0.15) is 0 Å². The molecule has 0 spiro atoms. The van der Waals surface area contributed by atoms with Crippen LogP contribution in [0.1, 0.15) is 20.3 Å². The molecular weight excluding hydrogens is 236 g/mol. The Kier molecular flexibility index (Phi) is 6.00. The second kappa shape index (κ2) is 7.29. The number of carbonyl (C=O) groups is 1. The van der Waals surface area contributed by atoms with Crippen LogP contribution in [0.4, 0.5) is 0 Å². The minimum absolute atomic E-state index is 0.0266. The quantitative estimate of drug-likeness (QED) is 0.754. The summed E-state index contributed by atoms with van der Waals surface area (Å²) >= 11 is 1.42. The van der Waals surface area contributed by atoms with E-state index in [1.165, 1.54) is 11.8 Å². The first-order valence-electron chi connectivity index (χ1n) is 5.63. The zero-order valence-electron chi connectivity index (χ0n) is 10.1. The number of carbonyl (C=O) groups excluding carboxylic acids is 1. The smallest absolute Gasteiger partial charge is 0.233 e. The van der Waals surface area contributed by atoms with Crippen molar-refractivity contribution in [3.8, 4) is 0 Å². The molecule has 0 aliphatic heterocycles. The van der Waals surface area contributed by atoms with Gasteiger partial charge in [-0.3, -0.25) is 4.79 Å². The summed E-state index contributed by atoms with van der Waals surface area (Å²) in [5.74, 6) is -0.0266. The van der Waals surface area contributed by atoms with Gasteiger partial charge in [0.15, 0.2) is 0 Å². The summed E-state index contributed by atoms with van der Waals surface area (Å²) in [7, 11) is 0. The highest BCUT2D eigenvalue weighted by atomic mass is 32.2. The van der Waals surface area contributed by atoms with Crippen LogP contribution in [0.2, 0.25) is 0 Å². The Morgan fingerprint density at radius 2 is 2.29 bits per heavy atom. The predicted octanol–water partition coefficient (Wildman–Crippen LogP) is 1.45. The first-order chi connectivity index (χ1) is 8.09. The normalized spacial score (nSPS) is 14.1. The standard InChI is InChI=1S/C12H18N2O2S/c1-9(15)6-8-14-12(16)10(2)17-11-5-3-4-7-13-11/h3-5,7,9-10,15H,6,8H2,1-2H3,(H,14,16). The number of aliphatic hydroxyl groups is 1. The Balaban J connectivity index is 2.32. The summed E-state index contributed by atoms with van der Waals surface area (Å²) in [5.41, 5.74) is 0. The highest BCUT2D eigenvalue weighted by Crippen LogP contribution is 2.20. The van der Waals surface area contributed by atoms with Gasteiger partial charge in [-0.05, 0) is 32.4 Å². The second-order valence-corrected chi connectivity index (χ2v) is 5.22. The van der Waals surface area contributed by atoms with Crippen molar-refractivity contribution in [2.75, 3.05) is 6.54 Å². The van der Waals surface area contributed by atoms with E-state index in [2.05, 4.69) is 10.3 Å². The third kappa shape index (κ3) is 5.70. The van der Waals surface area contributed by atoms with Gasteiger partial charge in [0.25, 0.3) is 0 Å². The van der Waals surface area contributed by atoms with Gasteiger partial charge < -0.3 is 10.4 Å². The van der Waals surface area contributed by atoms with Crippen molar-refractivity contribution >= 4 is 17.7 Å². The van der Waals surface area contributed by atoms with E-state index in [1.807, 2.05) is 25.1 Å². The van der Waals surface area contributed by atoms with Crippen molar-refractivity contribution in [1.29, 1.82) is 0 Å². The van der Waals surface area contributed by atoms with Crippen LogP contribution < -0.4 is 5.32 Å². The molecule has 0 aliphatic carbocycles. The number of aromatic nitrogens is 1. The van der Waals surface area contributed by atoms with Gasteiger partial charge in [0, 0.05) is 12.7 Å². The minimum atomic E-state index is -0.381. The maximum Gasteiger partial charge on any atom is 0.233 e. The number of rotatable bonds is 6. The number of hydrogen-bond acceptors (Lipinski definition) is 4. The fourth-order valence-electron chi connectivity index (χ4n) is 1.20. The highest BCUT2D eigenvalue weighted by molar-refractivity contribution is 8.00. The van der Waals surface area contributed by atoms with Crippen LogP contribution in [0.3, 0.4) is 0 Å². The summed E-state index contributed by atoms with van der Waals surface area (Å²) in [6.07, 6.45) is 1.90. The average molecular weight is 254 g/mol. The molecule has 1 amide bonds. The molecule has 1 heterocycles. The molecule has 5 heteroatoms. The Morgan fingerprint density at radius 1 is 1.53 bits per heavy atom. The van der Waals surface area contributed by atoms with Crippen molar-refractivity contribution in [2.45, 2.75) is 36.6 Å². The SMILES string of the molecule is CC(O)CCNC(=O)C(C)Sc1ccccn1. The summed E-state index contributed by atoms with van der Waals surface area (Å²) in [4.78, 5) is 15.8. The Bertz CT molecular complexity index is 344. The van der Waals surface area contributed by atoms with Crippen LogP contribution in [0.5, 0.6) is 0 Å². The van der Waals surface area contributed by atoms with E-state index >= 15 is 0 Å². The van der Waals surface area contributed by atoms with Crippen LogP contribution in [0.15, 0.2) is 29.4 Å². The van der Waals surface area contributed by atoms with E-state index in [4.69, 9.17) is 5.11 Å². The lowest BCUT2D eigenvalue weighted by molar-refractivity contribution is -0.120. The van der Waals surface area contributed by atoms with Gasteiger partial charge in [-0.1, -0.05) is 17.8 Å². The average Bonchev–Trinajstić information content (AvgIpc) is 2.29. The Labute approximate surface area is 106 Å². The van der Waals surface area contributed by atoms with Gasteiger partial charge in [0.1, 0.15) is 0 Å². The molecule has 1 aromatic heterocycles. The first-order valence-corrected chi connectivity index (χ1v) is 6.51. The number of hydrogen-bond donors (Lipinski definition) is 2. The van der Waals surface area contributed by atoms with Gasteiger partial charge in [-0.25, -0.2) is 4.98 Å². The van der Waals surface area contributed by atoms with Gasteiger partial charge in [0.05, 0.1) is 16.4 Å². The molecule has 2 N–H and O–H groups in total. The number of nitrogens with one attached hydrogen (secondary N) is 1. The van der Waals surface area contributed by atoms with E-state index in [-0.39, 0.29) is 17.3 Å². The Morgan fingerprint density at radius 3 is 2.88 bits per heavy atom. The first kappa shape index (κ1) is 14.0. The molecule has 1 aromatic rings. The molecule has 0 fully saturated rings. The molecule has 94 valence electrons. The van der Waals surface area contributed by atoms with E-state index in [1.54, 1.807) is 13.1 Å². The van der Waals surface area contributed by atoms with Crippen LogP contribution >= 0.6 is 11.8 Å². The molecule has 0 aromatic carbocycles. The summed E-state index contributed by atoms with van der Waals surface area (Å²) in [6.45, 7) is 4.05. The summed E-state index contributed by atoms with van der Waals surface area (Å²) in [5, 5.41) is 12.5. The maximum absolute atomic E-state index is 11.7. The molecule has 17 heavy (non-hydrogen) atoms. The highest BCUT2D eigenvalue weighted by Gasteiger charge is 2.14. The fourth-order valence-corrected chi connectivity index (χ4v) is 2.03. The zero-order chi connectivity index (χ0) is 12.7. The third-order valence-electron chi connectivity index (χ3n) is 2.17. The molecular formula is C12H18N2O2S. The summed E-state index contributed by atoms with van der Waals surface area (Å²) in [6, 6.07) is 5.62. The second-order valence-electron chi connectivity index (χ2n) is 3.86. The van der Waals surface area contributed by atoms with E-state index < -0.39 is 0 Å². The van der Waals surface area contributed by atoms with Crippen molar-refractivity contribution < 1.29 is 9.90 Å². The molecule has 1 rings (SSSR count). The number of pyridine rings is 1. The van der Waals surface area contributed by atoms with Crippen LogP contribution in [-0.4, -0.2) is 33.9 Å². The largest absolute Gasteiger partial charge is 0.393 e. The number of amides is 1. The molecule has 0 saturated heterocycles. The lowest BCUT2D eigenvalue weighted by Gasteiger charge is -2.11. The molecule has 0 aliphatic rings. The number of nitrogens with zero attached hydrogens (tertiary/aromatic N) is 1. The topological polar surface area (TPSA) is 62.2 Å². The van der Waals surface area contributed by atoms with Crippen LogP contribution in [0, 0.1) is 0 Å². The minimum Gasteiger partial charge on any atom is -0.393 e. The molecule has 2 atom stereocenters. The van der Waals surface area contributed by atoms with E-state index in [0.29, 0.717) is 13.0 Å². The van der Waals surface area contributed by atoms with Crippen molar-refractivity contribution in [2.24, 2.45) is 0 Å². The lowest BCUT2D eigenvalue weighted by atomic mass is 10.3. The molecule has 0 radical (unpaired) electrons. The number of thioether (sulfide) groups is 1. The van der Waals surface area contributed by atoms with Crippen molar-refractivity contribution in [3.63, 3.8) is 0 Å². The van der Waals surface area contributed by atoms with E-state index in [0.717, 1.165) is 5.03 Å². The van der Waals surface area contributed by atoms with Crippen LogP contribution in [0.25, 0.3) is 0 Å². The lowest BCUT2D eigenvalue weighted by Crippen LogP contribution is -2.32. The fraction of sp³-hybridized carbons (Fsp3) is 0.500. The monoisotopic (exact) mass is 254 g/mol. The molecule has 4 nitrogen and oxygen atoms in total. The zero-order valence-corrected chi connectivity index (χ0v) is 10.9. The maximum atomic E-state index is 11.7. The van der Waals surface area contributed by atoms with Crippen molar-refractivity contribution in [1.82, 2.24) is 10.3 Å². The molecule has 0 bridgehead atoms. The van der Waals surface area contributed by atoms with Crippen LogP contribution in [-0.2, 0) is 4.79 Å². The third-order valence-corrected chi connectivity index (χ3v) is 3.22. The van der Waals surface area contributed by atoms with E-state index in [9.17, 15) is 4.79 Å². The van der Waals surface area contributed by atoms with Gasteiger partial charge in [-0.15, -0.1) is 0 Å².